The lowest BCUT2D eigenvalue weighted by atomic mass is 10.1. The molecule has 0 saturated heterocycles. The minimum atomic E-state index is -4.74. The summed E-state index contributed by atoms with van der Waals surface area (Å²) in [6.07, 6.45) is -3.37. The second kappa shape index (κ2) is 6.66. The number of hydrogen-bond acceptors (Lipinski definition) is 5. The third-order valence-electron chi connectivity index (χ3n) is 3.73. The minimum absolute atomic E-state index is 0.322. The van der Waals surface area contributed by atoms with Crippen molar-refractivity contribution in [3.63, 3.8) is 0 Å². The number of halogens is 3. The number of carbonyl (C=O) groups is 1. The van der Waals surface area contributed by atoms with Gasteiger partial charge in [0.15, 0.2) is 0 Å². The maximum atomic E-state index is 12.4. The number of nitrogens with one attached hydrogen (secondary N) is 1. The summed E-state index contributed by atoms with van der Waals surface area (Å²) >= 11 is 0. The normalized spacial score (nSPS) is 12.8. The molecule has 3 aromatic rings. The van der Waals surface area contributed by atoms with Crippen molar-refractivity contribution in [1.29, 1.82) is 0 Å². The molecule has 9 heteroatoms. The highest BCUT2D eigenvalue weighted by Gasteiger charge is 2.31. The zero-order valence-corrected chi connectivity index (χ0v) is 13.8. The van der Waals surface area contributed by atoms with E-state index < -0.39 is 12.4 Å². The molecule has 0 aliphatic carbocycles. The smallest absolute Gasteiger partial charge is 0.406 e. The van der Waals surface area contributed by atoms with Crippen molar-refractivity contribution < 1.29 is 27.2 Å². The number of alkyl halides is 3. The van der Waals surface area contributed by atoms with Crippen LogP contribution in [0.2, 0.25) is 0 Å². The minimum Gasteiger partial charge on any atom is -0.406 e. The highest BCUT2D eigenvalue weighted by Crippen LogP contribution is 2.24. The van der Waals surface area contributed by atoms with E-state index in [2.05, 4.69) is 20.2 Å². The molecule has 1 N–H and O–H groups in total. The largest absolute Gasteiger partial charge is 0.573 e. The fraction of sp³-hybridized carbons (Fsp3) is 0.235. The van der Waals surface area contributed by atoms with Crippen LogP contribution >= 0.6 is 0 Å². The van der Waals surface area contributed by atoms with E-state index in [0.717, 1.165) is 0 Å². The van der Waals surface area contributed by atoms with Gasteiger partial charge >= 0.3 is 6.36 Å². The Balaban J connectivity index is 1.70. The average molecular weight is 365 g/mol. The predicted molar refractivity (Wildman–Crippen MR) is 85.5 cm³/mol. The third-order valence-corrected chi connectivity index (χ3v) is 3.73. The number of aromatic nitrogens is 2. The summed E-state index contributed by atoms with van der Waals surface area (Å²) < 4.78 is 45.4. The fourth-order valence-electron chi connectivity index (χ4n) is 2.39. The van der Waals surface area contributed by atoms with E-state index >= 15 is 0 Å². The van der Waals surface area contributed by atoms with Gasteiger partial charge in [-0.2, -0.15) is 0 Å². The van der Waals surface area contributed by atoms with Crippen molar-refractivity contribution in [2.75, 3.05) is 0 Å². The fourth-order valence-corrected chi connectivity index (χ4v) is 2.39. The molecule has 3 rings (SSSR count). The number of aryl methyl sites for hydroxylation is 1. The van der Waals surface area contributed by atoms with Crippen molar-refractivity contribution >= 4 is 17.0 Å². The van der Waals surface area contributed by atoms with E-state index in [-0.39, 0.29) is 11.7 Å². The number of nitrogens with zero attached hydrogens (tertiary/aromatic N) is 2. The Morgan fingerprint density at radius 1 is 1.27 bits per heavy atom. The van der Waals surface area contributed by atoms with Crippen LogP contribution in [0.1, 0.15) is 34.6 Å². The van der Waals surface area contributed by atoms with Gasteiger partial charge < -0.3 is 14.6 Å². The maximum absolute atomic E-state index is 12.4. The third kappa shape index (κ3) is 3.93. The highest BCUT2D eigenvalue weighted by molar-refractivity contribution is 5.97. The van der Waals surface area contributed by atoms with Crippen LogP contribution in [0.3, 0.4) is 0 Å². The molecule has 0 fully saturated rings. The van der Waals surface area contributed by atoms with Gasteiger partial charge in [0, 0.05) is 6.20 Å². The number of fused-ring (bicyclic) bond motifs is 1. The lowest BCUT2D eigenvalue weighted by Gasteiger charge is -2.15. The van der Waals surface area contributed by atoms with Crippen LogP contribution < -0.4 is 10.1 Å². The first kappa shape index (κ1) is 17.7. The molecule has 26 heavy (non-hydrogen) atoms. The Morgan fingerprint density at radius 3 is 2.62 bits per heavy atom. The summed E-state index contributed by atoms with van der Waals surface area (Å²) in [5, 5.41) is 7.18. The molecule has 0 aliphatic heterocycles. The quantitative estimate of drug-likeness (QED) is 0.758. The summed E-state index contributed by atoms with van der Waals surface area (Å²) in [5.74, 6) is -0.694. The molecule has 0 radical (unpaired) electrons. The molecule has 1 amide bonds. The van der Waals surface area contributed by atoms with Gasteiger partial charge in [0.1, 0.15) is 5.75 Å². The summed E-state index contributed by atoms with van der Waals surface area (Å²) in [6, 6.07) is 6.49. The van der Waals surface area contributed by atoms with Crippen LogP contribution in [0.5, 0.6) is 5.75 Å². The van der Waals surface area contributed by atoms with E-state index in [9.17, 15) is 18.0 Å². The number of pyridine rings is 1. The Labute approximate surface area is 146 Å². The van der Waals surface area contributed by atoms with E-state index in [4.69, 9.17) is 4.52 Å². The molecular weight excluding hydrogens is 351 g/mol. The van der Waals surface area contributed by atoms with E-state index in [1.54, 1.807) is 19.9 Å². The summed E-state index contributed by atoms with van der Waals surface area (Å²) in [6.45, 7) is 3.45. The summed E-state index contributed by atoms with van der Waals surface area (Å²) in [7, 11) is 0. The predicted octanol–water partition coefficient (Wildman–Crippen LogP) is 3.92. The van der Waals surface area contributed by atoms with Crippen molar-refractivity contribution in [1.82, 2.24) is 15.5 Å². The molecular formula is C17H14F3N3O3. The van der Waals surface area contributed by atoms with Crippen LogP contribution in [0.25, 0.3) is 11.1 Å². The van der Waals surface area contributed by atoms with Gasteiger partial charge in [-0.05, 0) is 37.6 Å². The monoisotopic (exact) mass is 365 g/mol. The SMILES string of the molecule is Cc1noc2ncc(C(=O)N[C@H](C)c3ccc(OC(F)(F)F)cc3)cc12. The van der Waals surface area contributed by atoms with Crippen molar-refractivity contribution in [2.24, 2.45) is 0 Å². The van der Waals surface area contributed by atoms with Gasteiger partial charge in [0.25, 0.3) is 11.6 Å². The Hall–Kier alpha value is -3.10. The van der Waals surface area contributed by atoms with Crippen LogP contribution in [0.4, 0.5) is 13.2 Å². The number of carbonyl (C=O) groups excluding carboxylic acids is 1. The Kier molecular flexibility index (Phi) is 4.54. The Bertz CT molecular complexity index is 936. The molecule has 1 atom stereocenters. The van der Waals surface area contributed by atoms with Gasteiger partial charge in [0.05, 0.1) is 22.7 Å². The zero-order chi connectivity index (χ0) is 18.9. The van der Waals surface area contributed by atoms with Crippen LogP contribution in [0, 0.1) is 6.92 Å². The van der Waals surface area contributed by atoms with Crippen molar-refractivity contribution in [3.05, 3.63) is 53.3 Å². The molecule has 1 aromatic carbocycles. The molecule has 0 aliphatic rings. The van der Waals surface area contributed by atoms with E-state index in [1.807, 2.05) is 0 Å². The molecule has 2 aromatic heterocycles. The molecule has 2 heterocycles. The molecule has 0 spiro atoms. The number of rotatable bonds is 4. The second-order valence-electron chi connectivity index (χ2n) is 5.66. The maximum Gasteiger partial charge on any atom is 0.573 e. The lowest BCUT2D eigenvalue weighted by Crippen LogP contribution is -2.26. The number of ether oxygens (including phenoxy) is 1. The van der Waals surface area contributed by atoms with Gasteiger partial charge in [-0.3, -0.25) is 4.79 Å². The van der Waals surface area contributed by atoms with Crippen molar-refractivity contribution in [2.45, 2.75) is 26.3 Å². The topological polar surface area (TPSA) is 77.2 Å². The van der Waals surface area contributed by atoms with Crippen molar-refractivity contribution in [3.8, 4) is 5.75 Å². The van der Waals surface area contributed by atoms with Crippen LogP contribution in [-0.4, -0.2) is 22.4 Å². The Morgan fingerprint density at radius 2 is 1.96 bits per heavy atom. The number of benzene rings is 1. The summed E-state index contributed by atoms with van der Waals surface area (Å²) in [5.41, 5.74) is 1.92. The average Bonchev–Trinajstić information content (AvgIpc) is 2.94. The highest BCUT2D eigenvalue weighted by atomic mass is 19.4. The first-order valence-electron chi connectivity index (χ1n) is 7.61. The van der Waals surface area contributed by atoms with Gasteiger partial charge in [0.2, 0.25) is 0 Å². The molecule has 0 unspecified atom stereocenters. The lowest BCUT2D eigenvalue weighted by molar-refractivity contribution is -0.274. The number of hydrogen-bond donors (Lipinski definition) is 1. The van der Waals surface area contributed by atoms with Gasteiger partial charge in [-0.25, -0.2) is 4.98 Å². The zero-order valence-electron chi connectivity index (χ0n) is 13.8. The molecule has 6 nitrogen and oxygen atoms in total. The second-order valence-corrected chi connectivity index (χ2v) is 5.66. The molecule has 0 bridgehead atoms. The van der Waals surface area contributed by atoms with Crippen LogP contribution in [0.15, 0.2) is 41.1 Å². The summed E-state index contributed by atoms with van der Waals surface area (Å²) in [4.78, 5) is 16.4. The molecule has 0 saturated carbocycles. The number of amides is 1. The first-order valence-corrected chi connectivity index (χ1v) is 7.61. The first-order chi connectivity index (χ1) is 12.2. The van der Waals surface area contributed by atoms with Gasteiger partial charge in [-0.1, -0.05) is 17.3 Å². The van der Waals surface area contributed by atoms with Gasteiger partial charge in [-0.15, -0.1) is 13.2 Å². The van der Waals surface area contributed by atoms with E-state index in [1.165, 1.54) is 30.5 Å². The standard InChI is InChI=1S/C17H14F3N3O3/c1-9(11-3-5-13(6-4-11)25-17(18,19)20)22-15(24)12-7-14-10(2)23-26-16(14)21-8-12/h3-9H,1-2H3,(H,22,24)/t9-/m1/s1. The van der Waals surface area contributed by atoms with E-state index in [0.29, 0.717) is 27.9 Å². The van der Waals surface area contributed by atoms with Crippen LogP contribution in [-0.2, 0) is 0 Å². The molecule has 136 valence electrons.